The molecule has 0 unspecified atom stereocenters. The van der Waals surface area contributed by atoms with Gasteiger partial charge in [0.15, 0.2) is 5.82 Å². The van der Waals surface area contributed by atoms with Gasteiger partial charge in [0.25, 0.3) is 11.8 Å². The van der Waals surface area contributed by atoms with Gasteiger partial charge in [-0.3, -0.25) is 4.79 Å². The first-order valence-corrected chi connectivity index (χ1v) is 9.40. The van der Waals surface area contributed by atoms with E-state index in [4.69, 9.17) is 4.74 Å². The van der Waals surface area contributed by atoms with E-state index in [1.807, 2.05) is 0 Å². The molecule has 6 nitrogen and oxygen atoms in total. The fourth-order valence-corrected chi connectivity index (χ4v) is 2.98. The second kappa shape index (κ2) is 9.17. The number of nitrogens with one attached hydrogen (secondary N) is 1. The van der Waals surface area contributed by atoms with Gasteiger partial charge < -0.3 is 15.0 Å². The standard InChI is InChI=1S/C20H26N4O2/c1-2-3-11-22-19(25)16-7-9-17(10-8-16)26-20-18(21-12-13-23-20)24-14-5-4-6-15-24/h7-10,12-13H,2-6,11,14-15H2,1H3,(H,22,25). The zero-order chi connectivity index (χ0) is 18.2. The number of ether oxygens (including phenoxy) is 1. The van der Waals surface area contributed by atoms with E-state index in [0.717, 1.165) is 44.6 Å². The van der Waals surface area contributed by atoms with Crippen LogP contribution in [0.1, 0.15) is 49.4 Å². The number of hydrogen-bond donors (Lipinski definition) is 1. The lowest BCUT2D eigenvalue weighted by Crippen LogP contribution is -2.30. The molecule has 2 heterocycles. The summed E-state index contributed by atoms with van der Waals surface area (Å²) in [5.74, 6) is 1.88. The molecule has 1 aliphatic heterocycles. The SMILES string of the molecule is CCCCNC(=O)c1ccc(Oc2nccnc2N2CCCCC2)cc1. The molecule has 0 aliphatic carbocycles. The third-order valence-corrected chi connectivity index (χ3v) is 4.45. The van der Waals surface area contributed by atoms with Gasteiger partial charge in [-0.15, -0.1) is 0 Å². The Kier molecular flexibility index (Phi) is 6.41. The van der Waals surface area contributed by atoms with Gasteiger partial charge in [0.1, 0.15) is 5.75 Å². The number of amides is 1. The van der Waals surface area contributed by atoms with Crippen LogP contribution in [0.5, 0.6) is 11.6 Å². The minimum atomic E-state index is -0.0569. The molecule has 1 N–H and O–H groups in total. The van der Waals surface area contributed by atoms with Crippen LogP contribution in [0.2, 0.25) is 0 Å². The maximum atomic E-state index is 12.1. The van der Waals surface area contributed by atoms with Gasteiger partial charge in [-0.2, -0.15) is 0 Å². The van der Waals surface area contributed by atoms with Gasteiger partial charge in [0.2, 0.25) is 0 Å². The Labute approximate surface area is 154 Å². The molecule has 0 atom stereocenters. The number of carbonyl (C=O) groups is 1. The van der Waals surface area contributed by atoms with Crippen LogP contribution >= 0.6 is 0 Å². The van der Waals surface area contributed by atoms with Crippen molar-refractivity contribution in [3.8, 4) is 11.6 Å². The first kappa shape index (κ1) is 18.2. The predicted octanol–water partition coefficient (Wildman–Crippen LogP) is 3.79. The summed E-state index contributed by atoms with van der Waals surface area (Å²) < 4.78 is 5.95. The Bertz CT molecular complexity index is 712. The monoisotopic (exact) mass is 354 g/mol. The van der Waals surface area contributed by atoms with Gasteiger partial charge in [-0.05, 0) is 49.9 Å². The van der Waals surface area contributed by atoms with Crippen LogP contribution < -0.4 is 15.0 Å². The Morgan fingerprint density at radius 3 is 2.58 bits per heavy atom. The van der Waals surface area contributed by atoms with Crippen molar-refractivity contribution in [3.63, 3.8) is 0 Å². The molecule has 6 heteroatoms. The van der Waals surface area contributed by atoms with Crippen molar-refractivity contribution in [1.82, 2.24) is 15.3 Å². The van der Waals surface area contributed by atoms with Gasteiger partial charge in [0.05, 0.1) is 0 Å². The second-order valence-corrected chi connectivity index (χ2v) is 6.47. The Hall–Kier alpha value is -2.63. The predicted molar refractivity (Wildman–Crippen MR) is 102 cm³/mol. The molecule has 0 radical (unpaired) electrons. The minimum absolute atomic E-state index is 0.0569. The average molecular weight is 354 g/mol. The summed E-state index contributed by atoms with van der Waals surface area (Å²) in [6, 6.07) is 7.13. The van der Waals surface area contributed by atoms with Crippen molar-refractivity contribution in [1.29, 1.82) is 0 Å². The van der Waals surface area contributed by atoms with Crippen LogP contribution in [-0.4, -0.2) is 35.5 Å². The van der Waals surface area contributed by atoms with Crippen molar-refractivity contribution in [2.75, 3.05) is 24.5 Å². The number of carbonyl (C=O) groups excluding carboxylic acids is 1. The van der Waals surface area contributed by atoms with Crippen LogP contribution in [0.15, 0.2) is 36.7 Å². The van der Waals surface area contributed by atoms with Gasteiger partial charge >= 0.3 is 0 Å². The van der Waals surface area contributed by atoms with E-state index in [1.54, 1.807) is 36.7 Å². The van der Waals surface area contributed by atoms with Crippen molar-refractivity contribution in [3.05, 3.63) is 42.2 Å². The van der Waals surface area contributed by atoms with Crippen molar-refractivity contribution in [2.45, 2.75) is 39.0 Å². The topological polar surface area (TPSA) is 67.3 Å². The highest BCUT2D eigenvalue weighted by atomic mass is 16.5. The molecule has 3 rings (SSSR count). The molecule has 26 heavy (non-hydrogen) atoms. The van der Waals surface area contributed by atoms with Crippen LogP contribution in [-0.2, 0) is 0 Å². The molecule has 0 saturated carbocycles. The summed E-state index contributed by atoms with van der Waals surface area (Å²) in [6.45, 7) is 4.76. The Balaban J connectivity index is 1.67. The molecule has 1 aliphatic rings. The zero-order valence-corrected chi connectivity index (χ0v) is 15.3. The van der Waals surface area contributed by atoms with E-state index in [2.05, 4.69) is 27.1 Å². The largest absolute Gasteiger partial charge is 0.436 e. The summed E-state index contributed by atoms with van der Waals surface area (Å²) >= 11 is 0. The van der Waals surface area contributed by atoms with E-state index in [-0.39, 0.29) is 5.91 Å². The number of rotatable bonds is 7. The number of aromatic nitrogens is 2. The Morgan fingerprint density at radius 2 is 1.85 bits per heavy atom. The number of nitrogens with zero attached hydrogens (tertiary/aromatic N) is 3. The first-order valence-electron chi connectivity index (χ1n) is 9.40. The number of piperidine rings is 1. The van der Waals surface area contributed by atoms with Crippen molar-refractivity contribution >= 4 is 11.7 Å². The first-order chi connectivity index (χ1) is 12.8. The van der Waals surface area contributed by atoms with Crippen molar-refractivity contribution < 1.29 is 9.53 Å². The summed E-state index contributed by atoms with van der Waals surface area (Å²) in [4.78, 5) is 23.1. The third-order valence-electron chi connectivity index (χ3n) is 4.45. The maximum absolute atomic E-state index is 12.1. The molecule has 1 amide bonds. The van der Waals surface area contributed by atoms with Gasteiger partial charge in [-0.1, -0.05) is 13.3 Å². The molecule has 1 fully saturated rings. The minimum Gasteiger partial charge on any atom is -0.436 e. The van der Waals surface area contributed by atoms with E-state index in [1.165, 1.54) is 6.42 Å². The molecule has 1 saturated heterocycles. The van der Waals surface area contributed by atoms with Crippen LogP contribution in [0.25, 0.3) is 0 Å². The van der Waals surface area contributed by atoms with Crippen LogP contribution in [0, 0.1) is 0 Å². The maximum Gasteiger partial charge on any atom is 0.263 e. The van der Waals surface area contributed by atoms with E-state index >= 15 is 0 Å². The number of hydrogen-bond acceptors (Lipinski definition) is 5. The van der Waals surface area contributed by atoms with Crippen LogP contribution in [0.3, 0.4) is 0 Å². The Morgan fingerprint density at radius 1 is 1.12 bits per heavy atom. The lowest BCUT2D eigenvalue weighted by Gasteiger charge is -2.28. The molecule has 0 spiro atoms. The number of benzene rings is 1. The van der Waals surface area contributed by atoms with Gasteiger partial charge in [-0.25, -0.2) is 9.97 Å². The third kappa shape index (κ3) is 4.71. The highest BCUT2D eigenvalue weighted by molar-refractivity contribution is 5.94. The molecule has 1 aromatic heterocycles. The molecular formula is C20H26N4O2. The lowest BCUT2D eigenvalue weighted by atomic mass is 10.1. The van der Waals surface area contributed by atoms with Crippen LogP contribution in [0.4, 0.5) is 5.82 Å². The molecular weight excluding hydrogens is 328 g/mol. The quantitative estimate of drug-likeness (QED) is 0.766. The molecule has 2 aromatic rings. The number of unbranched alkanes of at least 4 members (excludes halogenated alkanes) is 1. The zero-order valence-electron chi connectivity index (χ0n) is 15.3. The molecule has 0 bridgehead atoms. The highest BCUT2D eigenvalue weighted by Gasteiger charge is 2.18. The van der Waals surface area contributed by atoms with Gasteiger partial charge in [0, 0.05) is 37.6 Å². The second-order valence-electron chi connectivity index (χ2n) is 6.47. The van der Waals surface area contributed by atoms with Crippen molar-refractivity contribution in [2.24, 2.45) is 0 Å². The average Bonchev–Trinajstić information content (AvgIpc) is 2.70. The summed E-state index contributed by atoms with van der Waals surface area (Å²) in [5, 5.41) is 2.91. The normalized spacial score (nSPS) is 14.1. The highest BCUT2D eigenvalue weighted by Crippen LogP contribution is 2.29. The number of anilines is 1. The fraction of sp³-hybridized carbons (Fsp3) is 0.450. The van der Waals surface area contributed by atoms with E-state index in [0.29, 0.717) is 23.7 Å². The fourth-order valence-electron chi connectivity index (χ4n) is 2.98. The summed E-state index contributed by atoms with van der Waals surface area (Å²) in [5.41, 5.74) is 0.629. The summed E-state index contributed by atoms with van der Waals surface area (Å²) in [6.07, 6.45) is 8.96. The summed E-state index contributed by atoms with van der Waals surface area (Å²) in [7, 11) is 0. The molecule has 138 valence electrons. The van der Waals surface area contributed by atoms with E-state index < -0.39 is 0 Å². The molecule has 1 aromatic carbocycles. The lowest BCUT2D eigenvalue weighted by molar-refractivity contribution is 0.0953. The van der Waals surface area contributed by atoms with E-state index in [9.17, 15) is 4.79 Å². The smallest absolute Gasteiger partial charge is 0.263 e.